The minimum Gasteiger partial charge on any atom is -0.356 e. The van der Waals surface area contributed by atoms with E-state index >= 15 is 0 Å². The lowest BCUT2D eigenvalue weighted by atomic mass is 9.96. The van der Waals surface area contributed by atoms with Crippen LogP contribution in [0, 0.1) is 17.2 Å². The van der Waals surface area contributed by atoms with E-state index in [2.05, 4.69) is 16.0 Å². The number of carbonyl (C=O) groups is 1. The molecule has 0 aromatic carbocycles. The molecule has 0 spiro atoms. The topological polar surface area (TPSA) is 60.2 Å². The second-order valence-electron chi connectivity index (χ2n) is 5.74. The van der Waals surface area contributed by atoms with Crippen LogP contribution in [0.2, 0.25) is 0 Å². The number of piperidine rings is 1. The van der Waals surface area contributed by atoms with Crippen LogP contribution in [-0.2, 0) is 4.79 Å². The van der Waals surface area contributed by atoms with Crippen molar-refractivity contribution in [2.24, 2.45) is 5.92 Å². The molecular formula is C16H20N4OS. The number of aromatic nitrogens is 1. The molecule has 1 aromatic heterocycles. The number of rotatable bonds is 2. The first-order valence-electron chi connectivity index (χ1n) is 7.75. The van der Waals surface area contributed by atoms with E-state index in [-0.39, 0.29) is 5.92 Å². The second kappa shape index (κ2) is 7.01. The summed E-state index contributed by atoms with van der Waals surface area (Å²) >= 11 is 1.92. The van der Waals surface area contributed by atoms with Crippen LogP contribution in [-0.4, -0.2) is 53.5 Å². The molecule has 1 atom stereocenters. The number of carbonyl (C=O) groups excluding carboxylic acids is 1. The summed E-state index contributed by atoms with van der Waals surface area (Å²) < 4.78 is 0. The fraction of sp³-hybridized carbons (Fsp3) is 0.562. The zero-order valence-electron chi connectivity index (χ0n) is 12.6. The van der Waals surface area contributed by atoms with E-state index in [0.717, 1.165) is 49.8 Å². The molecule has 1 amide bonds. The third kappa shape index (κ3) is 3.36. The predicted molar refractivity (Wildman–Crippen MR) is 87.8 cm³/mol. The summed E-state index contributed by atoms with van der Waals surface area (Å²) in [4.78, 5) is 21.2. The summed E-state index contributed by atoms with van der Waals surface area (Å²) in [6.45, 7) is 3.37. The van der Waals surface area contributed by atoms with Crippen molar-refractivity contribution < 1.29 is 4.79 Å². The van der Waals surface area contributed by atoms with Gasteiger partial charge in [-0.2, -0.15) is 17.0 Å². The Labute approximate surface area is 135 Å². The minimum atomic E-state index is 0.0596. The van der Waals surface area contributed by atoms with Gasteiger partial charge in [-0.25, -0.2) is 4.98 Å². The first kappa shape index (κ1) is 15.2. The molecule has 1 unspecified atom stereocenters. The van der Waals surface area contributed by atoms with Gasteiger partial charge in [-0.05, 0) is 25.0 Å². The van der Waals surface area contributed by atoms with E-state index in [4.69, 9.17) is 5.26 Å². The molecule has 2 aliphatic heterocycles. The van der Waals surface area contributed by atoms with Crippen LogP contribution >= 0.6 is 11.8 Å². The van der Waals surface area contributed by atoms with Crippen LogP contribution in [0.3, 0.4) is 0 Å². The molecule has 6 heteroatoms. The lowest BCUT2D eigenvalue weighted by Crippen LogP contribution is -2.47. The third-order valence-electron chi connectivity index (χ3n) is 4.29. The predicted octanol–water partition coefficient (Wildman–Crippen LogP) is 1.75. The molecule has 2 aliphatic rings. The van der Waals surface area contributed by atoms with Gasteiger partial charge in [0, 0.05) is 43.9 Å². The van der Waals surface area contributed by atoms with Crippen molar-refractivity contribution >= 4 is 23.5 Å². The monoisotopic (exact) mass is 316 g/mol. The van der Waals surface area contributed by atoms with Crippen molar-refractivity contribution in [3.05, 3.63) is 23.9 Å². The molecule has 0 radical (unpaired) electrons. The SMILES string of the molecule is N#Cc1ccnc(N2CCCC(C(=O)N3CCSCC3)C2)c1. The van der Waals surface area contributed by atoms with E-state index in [1.165, 1.54) is 0 Å². The van der Waals surface area contributed by atoms with Gasteiger partial charge in [0.05, 0.1) is 17.6 Å². The Hall–Kier alpha value is -1.74. The molecule has 1 aromatic rings. The normalized spacial score (nSPS) is 22.2. The maximum Gasteiger partial charge on any atom is 0.227 e. The standard InChI is InChI=1S/C16H20N4OS/c17-11-13-3-4-18-15(10-13)20-5-1-2-14(12-20)16(21)19-6-8-22-9-7-19/h3-4,10,14H,1-2,5-9,12H2. The summed E-state index contributed by atoms with van der Waals surface area (Å²) in [5.74, 6) is 3.26. The summed E-state index contributed by atoms with van der Waals surface area (Å²) in [6, 6.07) is 5.67. The van der Waals surface area contributed by atoms with Gasteiger partial charge in [-0.1, -0.05) is 0 Å². The van der Waals surface area contributed by atoms with E-state index in [1.807, 2.05) is 22.7 Å². The van der Waals surface area contributed by atoms with Crippen molar-refractivity contribution in [2.45, 2.75) is 12.8 Å². The maximum atomic E-state index is 12.7. The zero-order chi connectivity index (χ0) is 15.4. The highest BCUT2D eigenvalue weighted by Gasteiger charge is 2.30. The lowest BCUT2D eigenvalue weighted by molar-refractivity contribution is -0.135. The van der Waals surface area contributed by atoms with E-state index < -0.39 is 0 Å². The summed E-state index contributed by atoms with van der Waals surface area (Å²) in [7, 11) is 0. The van der Waals surface area contributed by atoms with Crippen molar-refractivity contribution in [1.82, 2.24) is 9.88 Å². The van der Waals surface area contributed by atoms with Gasteiger partial charge in [0.25, 0.3) is 0 Å². The van der Waals surface area contributed by atoms with Gasteiger partial charge in [-0.3, -0.25) is 4.79 Å². The van der Waals surface area contributed by atoms with Crippen LogP contribution < -0.4 is 4.90 Å². The Morgan fingerprint density at radius 1 is 1.36 bits per heavy atom. The number of pyridine rings is 1. The number of nitrogens with zero attached hydrogens (tertiary/aromatic N) is 4. The van der Waals surface area contributed by atoms with Crippen molar-refractivity contribution in [3.8, 4) is 6.07 Å². The number of thioether (sulfide) groups is 1. The highest BCUT2D eigenvalue weighted by molar-refractivity contribution is 7.99. The highest BCUT2D eigenvalue weighted by Crippen LogP contribution is 2.24. The number of nitriles is 1. The fourth-order valence-electron chi connectivity index (χ4n) is 3.09. The van der Waals surface area contributed by atoms with Crippen molar-refractivity contribution in [1.29, 1.82) is 5.26 Å². The van der Waals surface area contributed by atoms with Crippen LogP contribution in [0.25, 0.3) is 0 Å². The molecule has 0 aliphatic carbocycles. The molecule has 2 fully saturated rings. The Morgan fingerprint density at radius 2 is 2.18 bits per heavy atom. The molecule has 3 rings (SSSR count). The van der Waals surface area contributed by atoms with Gasteiger partial charge in [0.15, 0.2) is 0 Å². The van der Waals surface area contributed by atoms with E-state index in [0.29, 0.717) is 18.0 Å². The molecule has 0 bridgehead atoms. The van der Waals surface area contributed by atoms with Gasteiger partial charge >= 0.3 is 0 Å². The first-order chi connectivity index (χ1) is 10.8. The summed E-state index contributed by atoms with van der Waals surface area (Å²) in [5.41, 5.74) is 0.617. The molecule has 2 saturated heterocycles. The molecule has 5 nitrogen and oxygen atoms in total. The van der Waals surface area contributed by atoms with E-state index in [9.17, 15) is 4.79 Å². The number of hydrogen-bond acceptors (Lipinski definition) is 5. The molecule has 3 heterocycles. The zero-order valence-corrected chi connectivity index (χ0v) is 13.4. The summed E-state index contributed by atoms with van der Waals surface area (Å²) in [5, 5.41) is 9.01. The number of anilines is 1. The quantitative estimate of drug-likeness (QED) is 0.832. The van der Waals surface area contributed by atoms with Crippen LogP contribution in [0.15, 0.2) is 18.3 Å². The highest BCUT2D eigenvalue weighted by atomic mass is 32.2. The maximum absolute atomic E-state index is 12.7. The van der Waals surface area contributed by atoms with Gasteiger partial charge in [0.2, 0.25) is 5.91 Å². The second-order valence-corrected chi connectivity index (χ2v) is 6.96. The Bertz CT molecular complexity index is 580. The molecular weight excluding hydrogens is 296 g/mol. The van der Waals surface area contributed by atoms with Crippen molar-refractivity contribution in [2.75, 3.05) is 42.6 Å². The molecule has 0 saturated carbocycles. The van der Waals surface area contributed by atoms with Crippen LogP contribution in [0.4, 0.5) is 5.82 Å². The Morgan fingerprint density at radius 3 is 2.95 bits per heavy atom. The van der Waals surface area contributed by atoms with Crippen LogP contribution in [0.5, 0.6) is 0 Å². The molecule has 116 valence electrons. The Kier molecular flexibility index (Phi) is 4.84. The van der Waals surface area contributed by atoms with Gasteiger partial charge in [0.1, 0.15) is 5.82 Å². The lowest BCUT2D eigenvalue weighted by Gasteiger charge is -2.36. The average molecular weight is 316 g/mol. The minimum absolute atomic E-state index is 0.0596. The summed E-state index contributed by atoms with van der Waals surface area (Å²) in [6.07, 6.45) is 3.62. The van der Waals surface area contributed by atoms with Gasteiger partial charge in [-0.15, -0.1) is 0 Å². The number of amides is 1. The Balaban J connectivity index is 1.68. The van der Waals surface area contributed by atoms with E-state index in [1.54, 1.807) is 12.3 Å². The molecule has 0 N–H and O–H groups in total. The van der Waals surface area contributed by atoms with Crippen LogP contribution in [0.1, 0.15) is 18.4 Å². The van der Waals surface area contributed by atoms with Crippen molar-refractivity contribution in [3.63, 3.8) is 0 Å². The van der Waals surface area contributed by atoms with Gasteiger partial charge < -0.3 is 9.80 Å². The third-order valence-corrected chi connectivity index (χ3v) is 5.23. The smallest absolute Gasteiger partial charge is 0.227 e. The fourth-order valence-corrected chi connectivity index (χ4v) is 3.99. The average Bonchev–Trinajstić information content (AvgIpc) is 2.62. The molecule has 22 heavy (non-hydrogen) atoms. The largest absolute Gasteiger partial charge is 0.356 e. The first-order valence-corrected chi connectivity index (χ1v) is 8.91. The number of hydrogen-bond donors (Lipinski definition) is 0.